The van der Waals surface area contributed by atoms with Gasteiger partial charge in [0.05, 0.1) is 12.7 Å². The molecule has 0 unspecified atom stereocenters. The van der Waals surface area contributed by atoms with Crippen LogP contribution < -0.4 is 4.74 Å². The Kier molecular flexibility index (Phi) is 1.78. The number of rotatable bonds is 0. The molecule has 0 saturated carbocycles. The normalized spacial score (nSPS) is 19.5. The summed E-state index contributed by atoms with van der Waals surface area (Å²) in [5.41, 5.74) is 5.08. The first-order valence-corrected chi connectivity index (χ1v) is 5.26. The minimum Gasteiger partial charge on any atom is -0.493 e. The van der Waals surface area contributed by atoms with E-state index < -0.39 is 0 Å². The molecule has 0 radical (unpaired) electrons. The lowest BCUT2D eigenvalue weighted by atomic mass is 10.0. The summed E-state index contributed by atoms with van der Waals surface area (Å²) < 4.78 is 5.54. The zero-order chi connectivity index (χ0) is 10.3. The van der Waals surface area contributed by atoms with Gasteiger partial charge < -0.3 is 4.74 Å². The molecule has 2 aliphatic rings. The molecule has 0 bridgehead atoms. The van der Waals surface area contributed by atoms with E-state index in [1.807, 2.05) is 0 Å². The van der Waals surface area contributed by atoms with E-state index in [1.165, 1.54) is 16.7 Å². The molecule has 3 rings (SSSR count). The molecule has 0 amide bonds. The number of hydrogen-bond acceptors (Lipinski definition) is 2. The van der Waals surface area contributed by atoms with Gasteiger partial charge in [-0.1, -0.05) is 6.07 Å². The van der Waals surface area contributed by atoms with Crippen LogP contribution in [0.25, 0.3) is 5.57 Å². The van der Waals surface area contributed by atoms with Crippen LogP contribution in [0.2, 0.25) is 0 Å². The molecule has 0 spiro atoms. The van der Waals surface area contributed by atoms with Gasteiger partial charge in [0, 0.05) is 12.5 Å². The van der Waals surface area contributed by atoms with Gasteiger partial charge in [-0.05, 0) is 41.2 Å². The Morgan fingerprint density at radius 1 is 1.20 bits per heavy atom. The third-order valence-corrected chi connectivity index (χ3v) is 3.16. The summed E-state index contributed by atoms with van der Waals surface area (Å²) in [4.78, 5) is 0. The predicted molar refractivity (Wildman–Crippen MR) is 57.6 cm³/mol. The molecule has 1 aliphatic carbocycles. The van der Waals surface area contributed by atoms with Crippen molar-refractivity contribution in [3.8, 4) is 11.8 Å². The lowest BCUT2D eigenvalue weighted by molar-refractivity contribution is 0.356. The van der Waals surface area contributed by atoms with Gasteiger partial charge in [-0.3, -0.25) is 0 Å². The Morgan fingerprint density at radius 3 is 3.00 bits per heavy atom. The third-order valence-electron chi connectivity index (χ3n) is 3.16. The summed E-state index contributed by atoms with van der Waals surface area (Å²) >= 11 is 0. The minimum absolute atomic E-state index is 0.801. The van der Waals surface area contributed by atoms with Crippen molar-refractivity contribution in [1.29, 1.82) is 5.26 Å². The van der Waals surface area contributed by atoms with Gasteiger partial charge in [-0.25, -0.2) is 0 Å². The maximum absolute atomic E-state index is 8.69. The van der Waals surface area contributed by atoms with E-state index in [0.29, 0.717) is 0 Å². The third kappa shape index (κ3) is 1.24. The molecule has 74 valence electrons. The number of fused-ring (bicyclic) bond motifs is 2. The molecule has 1 heterocycles. The van der Waals surface area contributed by atoms with Crippen molar-refractivity contribution in [3.05, 3.63) is 34.9 Å². The van der Waals surface area contributed by atoms with Crippen LogP contribution >= 0.6 is 0 Å². The number of nitrogens with zero attached hydrogens (tertiary/aromatic N) is 1. The molecule has 0 aromatic heterocycles. The first-order chi connectivity index (χ1) is 7.38. The molecule has 15 heavy (non-hydrogen) atoms. The second-order valence-corrected chi connectivity index (χ2v) is 4.01. The lowest BCUT2D eigenvalue weighted by Gasteiger charge is -2.04. The predicted octanol–water partition coefficient (Wildman–Crippen LogP) is 2.47. The molecule has 0 atom stereocenters. The van der Waals surface area contributed by atoms with E-state index >= 15 is 0 Å². The first-order valence-electron chi connectivity index (χ1n) is 5.26. The Bertz CT molecular complexity index is 494. The van der Waals surface area contributed by atoms with E-state index in [9.17, 15) is 0 Å². The van der Waals surface area contributed by atoms with Gasteiger partial charge in [0.1, 0.15) is 5.75 Å². The second-order valence-electron chi connectivity index (χ2n) is 4.01. The highest BCUT2D eigenvalue weighted by Crippen LogP contribution is 2.38. The molecular formula is C13H11NO. The van der Waals surface area contributed by atoms with Crippen LogP contribution in [0.15, 0.2) is 18.2 Å². The van der Waals surface area contributed by atoms with Crippen molar-refractivity contribution in [3.63, 3.8) is 0 Å². The Hall–Kier alpha value is -1.75. The van der Waals surface area contributed by atoms with Crippen LogP contribution in [0.1, 0.15) is 23.1 Å². The SMILES string of the molecule is N#C/C=C1\CCc2cc3c(cc21)OCC3. The Balaban J connectivity index is 2.15. The zero-order valence-corrected chi connectivity index (χ0v) is 8.42. The smallest absolute Gasteiger partial charge is 0.123 e. The van der Waals surface area contributed by atoms with Gasteiger partial charge in [0.15, 0.2) is 0 Å². The monoisotopic (exact) mass is 197 g/mol. The molecular weight excluding hydrogens is 186 g/mol. The van der Waals surface area contributed by atoms with Crippen molar-refractivity contribution in [2.75, 3.05) is 6.61 Å². The fraction of sp³-hybridized carbons (Fsp3) is 0.308. The molecule has 0 N–H and O–H groups in total. The van der Waals surface area contributed by atoms with Crippen LogP contribution in [0.5, 0.6) is 5.75 Å². The standard InChI is InChI=1S/C13H11NO/c14-5-3-9-1-2-10-7-11-4-6-15-13(11)8-12(9)10/h3,7-8H,1-2,4,6H2/b9-3+. The summed E-state index contributed by atoms with van der Waals surface area (Å²) in [6, 6.07) is 6.47. The molecule has 1 aliphatic heterocycles. The van der Waals surface area contributed by atoms with Gasteiger partial charge in [0.2, 0.25) is 0 Å². The molecule has 1 aromatic rings. The Labute approximate surface area is 88.8 Å². The summed E-state index contributed by atoms with van der Waals surface area (Å²) in [7, 11) is 0. The fourth-order valence-electron chi connectivity index (χ4n) is 2.41. The van der Waals surface area contributed by atoms with E-state index in [0.717, 1.165) is 37.2 Å². The molecule has 0 saturated heterocycles. The second kappa shape index (κ2) is 3.13. The minimum atomic E-state index is 0.801. The summed E-state index contributed by atoms with van der Waals surface area (Å²) in [5, 5.41) is 8.69. The van der Waals surface area contributed by atoms with Crippen molar-refractivity contribution in [2.45, 2.75) is 19.3 Å². The van der Waals surface area contributed by atoms with Crippen LogP contribution in [0.3, 0.4) is 0 Å². The van der Waals surface area contributed by atoms with Gasteiger partial charge in [-0.2, -0.15) is 5.26 Å². The number of hydrogen-bond donors (Lipinski definition) is 0. The van der Waals surface area contributed by atoms with E-state index in [2.05, 4.69) is 18.2 Å². The number of nitriles is 1. The largest absolute Gasteiger partial charge is 0.493 e. The first kappa shape index (κ1) is 8.55. The summed E-state index contributed by atoms with van der Waals surface area (Å²) in [6.45, 7) is 0.801. The Morgan fingerprint density at radius 2 is 2.13 bits per heavy atom. The lowest BCUT2D eigenvalue weighted by Crippen LogP contribution is -1.86. The topological polar surface area (TPSA) is 33.0 Å². The number of aryl methyl sites for hydroxylation is 1. The summed E-state index contributed by atoms with van der Waals surface area (Å²) in [6.07, 6.45) is 4.75. The van der Waals surface area contributed by atoms with Crippen molar-refractivity contribution in [2.24, 2.45) is 0 Å². The highest BCUT2D eigenvalue weighted by atomic mass is 16.5. The fourth-order valence-corrected chi connectivity index (χ4v) is 2.41. The molecule has 2 nitrogen and oxygen atoms in total. The number of allylic oxidation sites excluding steroid dienone is 2. The molecule has 2 heteroatoms. The molecule has 0 fully saturated rings. The average molecular weight is 197 g/mol. The van der Waals surface area contributed by atoms with E-state index in [4.69, 9.17) is 10.00 Å². The highest BCUT2D eigenvalue weighted by Gasteiger charge is 2.21. The average Bonchev–Trinajstić information content (AvgIpc) is 2.82. The van der Waals surface area contributed by atoms with Gasteiger partial charge in [0.25, 0.3) is 0 Å². The number of ether oxygens (including phenoxy) is 1. The van der Waals surface area contributed by atoms with Crippen LogP contribution in [-0.4, -0.2) is 6.61 Å². The van der Waals surface area contributed by atoms with Gasteiger partial charge in [-0.15, -0.1) is 0 Å². The summed E-state index contributed by atoms with van der Waals surface area (Å²) in [5.74, 6) is 1.01. The van der Waals surface area contributed by atoms with Crippen LogP contribution in [-0.2, 0) is 12.8 Å². The maximum Gasteiger partial charge on any atom is 0.123 e. The van der Waals surface area contributed by atoms with E-state index in [-0.39, 0.29) is 0 Å². The number of benzene rings is 1. The van der Waals surface area contributed by atoms with Crippen LogP contribution in [0.4, 0.5) is 0 Å². The van der Waals surface area contributed by atoms with E-state index in [1.54, 1.807) is 6.08 Å². The van der Waals surface area contributed by atoms with Crippen LogP contribution in [0, 0.1) is 11.3 Å². The van der Waals surface area contributed by atoms with Crippen molar-refractivity contribution in [1.82, 2.24) is 0 Å². The van der Waals surface area contributed by atoms with Crippen molar-refractivity contribution < 1.29 is 4.74 Å². The quantitative estimate of drug-likeness (QED) is 0.598. The van der Waals surface area contributed by atoms with Crippen molar-refractivity contribution >= 4 is 5.57 Å². The highest BCUT2D eigenvalue weighted by molar-refractivity contribution is 5.75. The molecule has 1 aromatic carbocycles. The maximum atomic E-state index is 8.69. The van der Waals surface area contributed by atoms with Gasteiger partial charge >= 0.3 is 0 Å². The zero-order valence-electron chi connectivity index (χ0n) is 8.42.